The molecule has 0 saturated carbocycles. The Morgan fingerprint density at radius 3 is 2.22 bits per heavy atom. The summed E-state index contributed by atoms with van der Waals surface area (Å²) >= 11 is 16.2. The fourth-order valence-corrected chi connectivity index (χ4v) is 1.25. The second-order valence-corrected chi connectivity index (χ2v) is 5.53. The van der Waals surface area contributed by atoms with Gasteiger partial charge in [-0.05, 0) is 31.2 Å². The third-order valence-corrected chi connectivity index (χ3v) is 2.43. The Bertz CT molecular complexity index is 440. The van der Waals surface area contributed by atoms with Crippen LogP contribution in [0.1, 0.15) is 17.3 Å². The maximum atomic E-state index is 11.4. The van der Waals surface area contributed by atoms with Gasteiger partial charge in [0, 0.05) is 5.69 Å². The lowest BCUT2D eigenvalue weighted by Gasteiger charge is -2.11. The molecule has 1 rings (SSSR count). The zero-order valence-corrected chi connectivity index (χ0v) is 11.6. The number of esters is 1. The summed E-state index contributed by atoms with van der Waals surface area (Å²) in [6, 6.07) is 6.04. The molecule has 4 nitrogen and oxygen atoms in total. The second kappa shape index (κ2) is 6.27. The summed E-state index contributed by atoms with van der Waals surface area (Å²) in [6.07, 6.45) is 0. The van der Waals surface area contributed by atoms with Crippen molar-refractivity contribution in [1.82, 2.24) is 0 Å². The fraction of sp³-hybridized carbons (Fsp3) is 0.273. The van der Waals surface area contributed by atoms with Crippen molar-refractivity contribution in [2.45, 2.75) is 10.7 Å². The van der Waals surface area contributed by atoms with E-state index in [4.69, 9.17) is 39.5 Å². The highest BCUT2D eigenvalue weighted by molar-refractivity contribution is 6.76. The Kier molecular flexibility index (Phi) is 5.26. The molecule has 1 N–H and O–H groups in total. The molecular formula is C11H10Cl3NO3. The van der Waals surface area contributed by atoms with Gasteiger partial charge in [0.1, 0.15) is 0 Å². The third kappa shape index (κ3) is 4.37. The number of ether oxygens (including phenoxy) is 1. The minimum atomic E-state index is -2.03. The van der Waals surface area contributed by atoms with Crippen LogP contribution in [0.15, 0.2) is 24.3 Å². The van der Waals surface area contributed by atoms with Gasteiger partial charge in [0.25, 0.3) is 9.70 Å². The molecule has 0 aliphatic carbocycles. The van der Waals surface area contributed by atoms with Crippen LogP contribution < -0.4 is 5.32 Å². The minimum Gasteiger partial charge on any atom is -0.462 e. The Morgan fingerprint density at radius 1 is 1.22 bits per heavy atom. The number of benzene rings is 1. The molecule has 1 aromatic carbocycles. The molecule has 18 heavy (non-hydrogen) atoms. The van der Waals surface area contributed by atoms with E-state index in [1.54, 1.807) is 6.92 Å². The van der Waals surface area contributed by atoms with Gasteiger partial charge in [0.15, 0.2) is 0 Å². The number of carbonyl (C=O) groups excluding carboxylic acids is 2. The predicted octanol–water partition coefficient (Wildman–Crippen LogP) is 3.17. The molecule has 0 bridgehead atoms. The number of hydrogen-bond acceptors (Lipinski definition) is 3. The Hall–Kier alpha value is -0.970. The molecule has 0 saturated heterocycles. The first kappa shape index (κ1) is 15.1. The third-order valence-electron chi connectivity index (χ3n) is 1.91. The summed E-state index contributed by atoms with van der Waals surface area (Å²) in [6.45, 7) is 2.01. The molecule has 0 unspecified atom stereocenters. The molecule has 0 spiro atoms. The molecule has 0 fully saturated rings. The maximum absolute atomic E-state index is 11.4. The molecule has 0 aromatic heterocycles. The van der Waals surface area contributed by atoms with Crippen molar-refractivity contribution < 1.29 is 14.3 Å². The molecule has 7 heteroatoms. The molecule has 0 aliphatic rings. The van der Waals surface area contributed by atoms with Gasteiger partial charge in [0.2, 0.25) is 0 Å². The lowest BCUT2D eigenvalue weighted by molar-refractivity contribution is -0.115. The van der Waals surface area contributed by atoms with Gasteiger partial charge in [-0.3, -0.25) is 4.79 Å². The monoisotopic (exact) mass is 309 g/mol. The topological polar surface area (TPSA) is 55.4 Å². The van der Waals surface area contributed by atoms with Crippen LogP contribution in [-0.4, -0.2) is 22.3 Å². The van der Waals surface area contributed by atoms with E-state index in [1.807, 2.05) is 0 Å². The minimum absolute atomic E-state index is 0.296. The van der Waals surface area contributed by atoms with E-state index in [2.05, 4.69) is 5.32 Å². The highest BCUT2D eigenvalue weighted by Crippen LogP contribution is 2.27. The van der Waals surface area contributed by atoms with Crippen LogP contribution in [0.2, 0.25) is 0 Å². The molecule has 1 amide bonds. The fourth-order valence-electron chi connectivity index (χ4n) is 1.11. The van der Waals surface area contributed by atoms with Gasteiger partial charge >= 0.3 is 5.97 Å². The van der Waals surface area contributed by atoms with Crippen molar-refractivity contribution in [3.63, 3.8) is 0 Å². The van der Waals surface area contributed by atoms with Gasteiger partial charge in [-0.2, -0.15) is 0 Å². The number of nitrogens with one attached hydrogen (secondary N) is 1. The predicted molar refractivity (Wildman–Crippen MR) is 71.3 cm³/mol. The van der Waals surface area contributed by atoms with Crippen LogP contribution in [0.4, 0.5) is 5.69 Å². The lowest BCUT2D eigenvalue weighted by atomic mass is 10.2. The first-order valence-corrected chi connectivity index (χ1v) is 6.13. The van der Waals surface area contributed by atoms with E-state index in [0.717, 1.165) is 0 Å². The zero-order chi connectivity index (χ0) is 13.8. The van der Waals surface area contributed by atoms with Crippen molar-refractivity contribution in [1.29, 1.82) is 0 Å². The van der Waals surface area contributed by atoms with E-state index in [9.17, 15) is 9.59 Å². The average molecular weight is 311 g/mol. The summed E-state index contributed by atoms with van der Waals surface area (Å²) in [5, 5.41) is 2.39. The summed E-state index contributed by atoms with van der Waals surface area (Å²) in [5.74, 6) is -1.20. The van der Waals surface area contributed by atoms with E-state index in [-0.39, 0.29) is 0 Å². The summed E-state index contributed by atoms with van der Waals surface area (Å²) in [4.78, 5) is 22.7. The average Bonchev–Trinajstić information content (AvgIpc) is 2.29. The van der Waals surface area contributed by atoms with Crippen molar-refractivity contribution >= 4 is 52.4 Å². The second-order valence-electron chi connectivity index (χ2n) is 3.25. The Balaban J connectivity index is 2.72. The number of rotatable bonds is 3. The first-order valence-electron chi connectivity index (χ1n) is 5.00. The van der Waals surface area contributed by atoms with Crippen LogP contribution in [-0.2, 0) is 9.53 Å². The normalized spacial score (nSPS) is 10.9. The van der Waals surface area contributed by atoms with E-state index in [1.165, 1.54) is 24.3 Å². The largest absolute Gasteiger partial charge is 0.462 e. The number of carbonyl (C=O) groups is 2. The highest BCUT2D eigenvalue weighted by atomic mass is 35.6. The summed E-state index contributed by atoms with van der Waals surface area (Å²) in [5.41, 5.74) is 0.795. The van der Waals surface area contributed by atoms with Gasteiger partial charge in [-0.1, -0.05) is 34.8 Å². The quantitative estimate of drug-likeness (QED) is 0.689. The van der Waals surface area contributed by atoms with Crippen LogP contribution >= 0.6 is 34.8 Å². The Labute approximate surface area is 119 Å². The van der Waals surface area contributed by atoms with E-state index >= 15 is 0 Å². The van der Waals surface area contributed by atoms with Crippen molar-refractivity contribution in [2.24, 2.45) is 0 Å². The van der Waals surface area contributed by atoms with Crippen molar-refractivity contribution in [2.75, 3.05) is 11.9 Å². The standard InChI is InChI=1S/C11H10Cl3NO3/c1-2-18-9(16)7-3-5-8(6-4-7)15-10(17)11(12,13)14/h3-6H,2H2,1H3,(H,15,17). The van der Waals surface area contributed by atoms with Crippen LogP contribution in [0.25, 0.3) is 0 Å². The SMILES string of the molecule is CCOC(=O)c1ccc(NC(=O)C(Cl)(Cl)Cl)cc1. The first-order chi connectivity index (χ1) is 8.34. The lowest BCUT2D eigenvalue weighted by Crippen LogP contribution is -2.26. The van der Waals surface area contributed by atoms with E-state index in [0.29, 0.717) is 17.9 Å². The molecule has 0 heterocycles. The molecule has 0 radical (unpaired) electrons. The van der Waals surface area contributed by atoms with Crippen LogP contribution in [0, 0.1) is 0 Å². The smallest absolute Gasteiger partial charge is 0.338 e. The van der Waals surface area contributed by atoms with E-state index < -0.39 is 15.7 Å². The van der Waals surface area contributed by atoms with Gasteiger partial charge in [-0.25, -0.2) is 4.79 Å². The number of anilines is 1. The number of hydrogen-bond donors (Lipinski definition) is 1. The molecular weight excluding hydrogens is 300 g/mol. The molecule has 1 aromatic rings. The van der Waals surface area contributed by atoms with Gasteiger partial charge in [0.05, 0.1) is 12.2 Å². The number of alkyl halides is 3. The molecule has 98 valence electrons. The summed E-state index contributed by atoms with van der Waals surface area (Å²) in [7, 11) is 0. The molecule has 0 aliphatic heterocycles. The van der Waals surface area contributed by atoms with Gasteiger partial charge in [-0.15, -0.1) is 0 Å². The molecule has 0 atom stereocenters. The number of amides is 1. The van der Waals surface area contributed by atoms with Crippen LogP contribution in [0.3, 0.4) is 0 Å². The maximum Gasteiger partial charge on any atom is 0.338 e. The van der Waals surface area contributed by atoms with Crippen molar-refractivity contribution in [3.05, 3.63) is 29.8 Å². The van der Waals surface area contributed by atoms with Crippen molar-refractivity contribution in [3.8, 4) is 0 Å². The van der Waals surface area contributed by atoms with Gasteiger partial charge < -0.3 is 10.1 Å². The zero-order valence-electron chi connectivity index (χ0n) is 9.38. The Morgan fingerprint density at radius 2 is 1.78 bits per heavy atom. The highest BCUT2D eigenvalue weighted by Gasteiger charge is 2.30. The van der Waals surface area contributed by atoms with Crippen LogP contribution in [0.5, 0.6) is 0 Å². The summed E-state index contributed by atoms with van der Waals surface area (Å²) < 4.78 is 2.79. The number of halogens is 3.